The number of nitriles is 1. The Balaban J connectivity index is 2.34. The molecule has 0 aromatic heterocycles. The number of ether oxygens (including phenoxy) is 2. The van der Waals surface area contributed by atoms with E-state index in [1.165, 1.54) is 6.07 Å². The molecule has 0 bridgehead atoms. The van der Waals surface area contributed by atoms with Crippen LogP contribution >= 0.6 is 0 Å². The van der Waals surface area contributed by atoms with Crippen molar-refractivity contribution in [2.45, 2.75) is 44.3 Å². The third-order valence-electron chi connectivity index (χ3n) is 4.38. The van der Waals surface area contributed by atoms with Crippen LogP contribution in [-0.4, -0.2) is 19.1 Å². The van der Waals surface area contributed by atoms with Crippen LogP contribution in [0.15, 0.2) is 18.2 Å². The van der Waals surface area contributed by atoms with Gasteiger partial charge in [-0.2, -0.15) is 22.8 Å². The largest absolute Gasteiger partial charge is 0.431 e. The van der Waals surface area contributed by atoms with Gasteiger partial charge in [0.1, 0.15) is 0 Å². The van der Waals surface area contributed by atoms with Gasteiger partial charge < -0.3 is 15.2 Å². The number of hydrogen-bond acceptors (Lipinski definition) is 4. The number of nitrogens with zero attached hydrogens (tertiary/aromatic N) is 1. The van der Waals surface area contributed by atoms with Crippen molar-refractivity contribution in [1.29, 1.82) is 5.26 Å². The summed E-state index contributed by atoms with van der Waals surface area (Å²) in [6, 6.07) is 5.69. The lowest BCUT2D eigenvalue weighted by Crippen LogP contribution is -2.35. The molecule has 0 heterocycles. The summed E-state index contributed by atoms with van der Waals surface area (Å²) in [7, 11) is 0. The average molecular weight is 360 g/mol. The second kappa shape index (κ2) is 7.59. The van der Waals surface area contributed by atoms with Gasteiger partial charge in [0.15, 0.2) is 11.5 Å². The first-order valence-electron chi connectivity index (χ1n) is 7.52. The summed E-state index contributed by atoms with van der Waals surface area (Å²) in [6.07, 6.45) is 1.34. The molecule has 0 aliphatic heterocycles. The topological polar surface area (TPSA) is 85.3 Å². The van der Waals surface area contributed by atoms with Gasteiger partial charge in [-0.3, -0.25) is 4.79 Å². The molecule has 1 aromatic rings. The van der Waals surface area contributed by atoms with E-state index < -0.39 is 36.0 Å². The van der Waals surface area contributed by atoms with E-state index in [1.807, 2.05) is 0 Å². The fourth-order valence-electron chi connectivity index (χ4n) is 3.05. The number of rotatable bonds is 6. The molecule has 1 aliphatic rings. The molecular weight excluding hydrogens is 344 g/mol. The highest BCUT2D eigenvalue weighted by molar-refractivity contribution is 5.76. The minimum absolute atomic E-state index is 0.292. The van der Waals surface area contributed by atoms with Crippen LogP contribution in [0, 0.1) is 17.2 Å². The maximum absolute atomic E-state index is 12.5. The maximum atomic E-state index is 12.5. The van der Waals surface area contributed by atoms with Gasteiger partial charge in [0, 0.05) is 5.92 Å². The van der Waals surface area contributed by atoms with Gasteiger partial charge in [-0.1, -0.05) is 6.07 Å². The highest BCUT2D eigenvalue weighted by Crippen LogP contribution is 2.44. The number of alkyl halides is 4. The molecule has 2 rings (SSSR count). The summed E-state index contributed by atoms with van der Waals surface area (Å²) in [5.74, 6) is -1.91. The number of nitrogens with two attached hydrogens (primary N) is 1. The standard InChI is InChI=1S/C16H16F4N2O3/c17-14(18)24-11-2-1-10(7-12(11)25-15(19)20)16(8-21)5-3-9(4-6-16)13(22)23/h1-2,7,9,14-15H,3-6H2,(H2,22,23)/t9-,16-. The zero-order valence-corrected chi connectivity index (χ0v) is 13.1. The average Bonchev–Trinajstić information content (AvgIpc) is 2.55. The van der Waals surface area contributed by atoms with Crippen molar-refractivity contribution in [2.24, 2.45) is 11.7 Å². The first-order chi connectivity index (χ1) is 11.8. The first-order valence-corrected chi connectivity index (χ1v) is 7.52. The molecular formula is C16H16F4N2O3. The molecule has 0 radical (unpaired) electrons. The molecule has 9 heteroatoms. The molecule has 5 nitrogen and oxygen atoms in total. The molecule has 0 atom stereocenters. The third-order valence-corrected chi connectivity index (χ3v) is 4.38. The van der Waals surface area contributed by atoms with E-state index in [-0.39, 0.29) is 5.92 Å². The number of primary amides is 1. The van der Waals surface area contributed by atoms with Crippen LogP contribution in [0.5, 0.6) is 11.5 Å². The molecule has 136 valence electrons. The summed E-state index contributed by atoms with van der Waals surface area (Å²) in [4.78, 5) is 11.3. The van der Waals surface area contributed by atoms with Gasteiger partial charge >= 0.3 is 13.2 Å². The predicted octanol–water partition coefficient (Wildman–Crippen LogP) is 3.33. The van der Waals surface area contributed by atoms with Crippen LogP contribution in [0.1, 0.15) is 31.2 Å². The molecule has 1 saturated carbocycles. The van der Waals surface area contributed by atoms with Crippen molar-refractivity contribution in [3.8, 4) is 17.6 Å². The zero-order valence-electron chi connectivity index (χ0n) is 13.1. The van der Waals surface area contributed by atoms with Crippen molar-refractivity contribution in [3.05, 3.63) is 23.8 Å². The van der Waals surface area contributed by atoms with Crippen LogP contribution in [0.25, 0.3) is 0 Å². The van der Waals surface area contributed by atoms with Crippen LogP contribution in [0.4, 0.5) is 17.6 Å². The van der Waals surface area contributed by atoms with E-state index in [9.17, 15) is 27.6 Å². The van der Waals surface area contributed by atoms with Crippen LogP contribution in [0.3, 0.4) is 0 Å². The Morgan fingerprint density at radius 2 is 1.72 bits per heavy atom. The fourth-order valence-corrected chi connectivity index (χ4v) is 3.05. The van der Waals surface area contributed by atoms with Crippen LogP contribution in [0.2, 0.25) is 0 Å². The third kappa shape index (κ3) is 4.32. The van der Waals surface area contributed by atoms with Crippen molar-refractivity contribution < 1.29 is 31.8 Å². The van der Waals surface area contributed by atoms with Crippen molar-refractivity contribution in [3.63, 3.8) is 0 Å². The van der Waals surface area contributed by atoms with E-state index in [4.69, 9.17) is 5.73 Å². The van der Waals surface area contributed by atoms with Crippen LogP contribution in [-0.2, 0) is 10.2 Å². The predicted molar refractivity (Wildman–Crippen MR) is 78.1 cm³/mol. The summed E-state index contributed by atoms with van der Waals surface area (Å²) >= 11 is 0. The highest BCUT2D eigenvalue weighted by atomic mass is 19.3. The molecule has 1 aliphatic carbocycles. The number of carbonyl (C=O) groups excluding carboxylic acids is 1. The molecule has 1 fully saturated rings. The smallest absolute Gasteiger partial charge is 0.387 e. The normalized spacial score (nSPS) is 23.3. The fraction of sp³-hybridized carbons (Fsp3) is 0.500. The Hall–Kier alpha value is -2.50. The van der Waals surface area contributed by atoms with E-state index in [0.717, 1.165) is 12.1 Å². The van der Waals surface area contributed by atoms with Crippen LogP contribution < -0.4 is 15.2 Å². The van der Waals surface area contributed by atoms with Gasteiger partial charge in [0.2, 0.25) is 5.91 Å². The van der Waals surface area contributed by atoms with Gasteiger partial charge in [-0.15, -0.1) is 0 Å². The molecule has 0 unspecified atom stereocenters. The van der Waals surface area contributed by atoms with Crippen molar-refractivity contribution >= 4 is 5.91 Å². The Morgan fingerprint density at radius 3 is 2.20 bits per heavy atom. The zero-order chi connectivity index (χ0) is 18.6. The van der Waals surface area contributed by atoms with Gasteiger partial charge in [0.05, 0.1) is 11.5 Å². The van der Waals surface area contributed by atoms with Crippen molar-refractivity contribution in [2.75, 3.05) is 0 Å². The van der Waals surface area contributed by atoms with E-state index in [2.05, 4.69) is 15.5 Å². The SMILES string of the molecule is N#C[C@]1(c2ccc(OC(F)F)c(OC(F)F)c2)CC[C@H](C(N)=O)CC1. The second-order valence-electron chi connectivity index (χ2n) is 5.79. The van der Waals surface area contributed by atoms with Crippen molar-refractivity contribution in [1.82, 2.24) is 0 Å². The van der Waals surface area contributed by atoms with Gasteiger partial charge in [-0.25, -0.2) is 0 Å². The number of amides is 1. The molecule has 2 N–H and O–H groups in total. The molecule has 1 amide bonds. The van der Waals surface area contributed by atoms with Gasteiger partial charge in [-0.05, 0) is 43.4 Å². The molecule has 1 aromatic carbocycles. The monoisotopic (exact) mass is 360 g/mol. The lowest BCUT2D eigenvalue weighted by molar-refractivity contribution is -0.122. The van der Waals surface area contributed by atoms with Gasteiger partial charge in [0.25, 0.3) is 0 Å². The minimum Gasteiger partial charge on any atom is -0.431 e. The van der Waals surface area contributed by atoms with E-state index in [1.54, 1.807) is 0 Å². The highest BCUT2D eigenvalue weighted by Gasteiger charge is 2.39. The van der Waals surface area contributed by atoms with E-state index >= 15 is 0 Å². The van der Waals surface area contributed by atoms with E-state index in [0.29, 0.717) is 31.2 Å². The Labute approximate surface area is 141 Å². The Morgan fingerprint density at radius 1 is 1.16 bits per heavy atom. The summed E-state index contributed by atoms with van der Waals surface area (Å²) in [5.41, 5.74) is 4.58. The molecule has 0 saturated heterocycles. The number of benzene rings is 1. The summed E-state index contributed by atoms with van der Waals surface area (Å²) in [6.45, 7) is -6.44. The number of carbonyl (C=O) groups is 1. The maximum Gasteiger partial charge on any atom is 0.387 e. The Bertz CT molecular complexity index is 668. The number of halogens is 4. The quantitative estimate of drug-likeness (QED) is 0.789. The summed E-state index contributed by atoms with van der Waals surface area (Å²) < 4.78 is 58.3. The number of hydrogen-bond donors (Lipinski definition) is 1. The molecule has 25 heavy (non-hydrogen) atoms. The second-order valence-corrected chi connectivity index (χ2v) is 5.79. The first kappa shape index (κ1) is 18.8. The lowest BCUT2D eigenvalue weighted by atomic mass is 9.67. The summed E-state index contributed by atoms with van der Waals surface area (Å²) in [5, 5.41) is 9.60. The Kier molecular flexibility index (Phi) is 5.72. The lowest BCUT2D eigenvalue weighted by Gasteiger charge is -2.34. The minimum atomic E-state index is -3.24. The molecule has 0 spiro atoms.